The van der Waals surface area contributed by atoms with E-state index in [1.807, 2.05) is 60.7 Å². The van der Waals surface area contributed by atoms with E-state index in [1.165, 1.54) is 0 Å². The van der Waals surface area contributed by atoms with Gasteiger partial charge in [0.25, 0.3) is 11.8 Å². The summed E-state index contributed by atoms with van der Waals surface area (Å²) in [6, 6.07) is 33.1. The maximum absolute atomic E-state index is 12.9. The van der Waals surface area contributed by atoms with Crippen LogP contribution in [-0.4, -0.2) is 23.6 Å². The van der Waals surface area contributed by atoms with E-state index >= 15 is 0 Å². The molecule has 0 unspecified atom stereocenters. The zero-order valence-corrected chi connectivity index (χ0v) is 24.4. The first kappa shape index (κ1) is 30.2. The summed E-state index contributed by atoms with van der Waals surface area (Å²) in [5.41, 5.74) is 4.34. The van der Waals surface area contributed by atoms with Crippen LogP contribution in [0.3, 0.4) is 0 Å². The fraction of sp³-hybridized carbons (Fsp3) is 0.222. The number of carbonyl (C=O) groups excluding carboxylic acids is 4. The molecule has 1 saturated carbocycles. The molecule has 0 saturated heterocycles. The van der Waals surface area contributed by atoms with Crippen molar-refractivity contribution in [1.29, 1.82) is 0 Å². The summed E-state index contributed by atoms with van der Waals surface area (Å²) in [6.45, 7) is 0.888. The lowest BCUT2D eigenvalue weighted by Crippen LogP contribution is -2.32. The van der Waals surface area contributed by atoms with Gasteiger partial charge in [0.05, 0.1) is 0 Å². The van der Waals surface area contributed by atoms with Crippen molar-refractivity contribution < 1.29 is 19.2 Å². The topological polar surface area (TPSA) is 116 Å². The SMILES string of the molecule is O=C(NCc1ccccc1)c1ccc(NC(=O)C2CCC(C(=O)Nc3ccc(C(=O)NCc4ccccc4)cc3)CC2)cc1. The van der Waals surface area contributed by atoms with Gasteiger partial charge in [0, 0.05) is 47.4 Å². The van der Waals surface area contributed by atoms with E-state index in [9.17, 15) is 19.2 Å². The van der Waals surface area contributed by atoms with Crippen LogP contribution in [0.2, 0.25) is 0 Å². The van der Waals surface area contributed by atoms with Gasteiger partial charge >= 0.3 is 0 Å². The summed E-state index contributed by atoms with van der Waals surface area (Å²) in [6.07, 6.45) is 2.46. The van der Waals surface area contributed by atoms with Crippen LogP contribution in [0.1, 0.15) is 57.5 Å². The highest BCUT2D eigenvalue weighted by atomic mass is 16.2. The van der Waals surface area contributed by atoms with E-state index in [1.54, 1.807) is 48.5 Å². The monoisotopic (exact) mass is 588 g/mol. The summed E-state index contributed by atoms with van der Waals surface area (Å²) in [5, 5.41) is 11.7. The van der Waals surface area contributed by atoms with Crippen molar-refractivity contribution >= 4 is 35.0 Å². The van der Waals surface area contributed by atoms with E-state index in [2.05, 4.69) is 21.3 Å². The first-order chi connectivity index (χ1) is 21.4. The third kappa shape index (κ3) is 8.41. The number of rotatable bonds is 10. The highest BCUT2D eigenvalue weighted by Crippen LogP contribution is 2.31. The molecule has 4 aromatic carbocycles. The minimum Gasteiger partial charge on any atom is -0.348 e. The molecule has 0 aromatic heterocycles. The van der Waals surface area contributed by atoms with Crippen molar-refractivity contribution in [1.82, 2.24) is 10.6 Å². The van der Waals surface area contributed by atoms with Crippen molar-refractivity contribution in [2.24, 2.45) is 11.8 Å². The lowest BCUT2D eigenvalue weighted by atomic mass is 9.81. The Hall–Kier alpha value is -5.24. The zero-order valence-electron chi connectivity index (χ0n) is 24.4. The quantitative estimate of drug-likeness (QED) is 0.184. The second-order valence-corrected chi connectivity index (χ2v) is 11.0. The summed E-state index contributed by atoms with van der Waals surface area (Å²) in [7, 11) is 0. The molecule has 0 radical (unpaired) electrons. The van der Waals surface area contributed by atoms with E-state index in [0.717, 1.165) is 11.1 Å². The third-order valence-corrected chi connectivity index (χ3v) is 7.89. The van der Waals surface area contributed by atoms with E-state index in [4.69, 9.17) is 0 Å². The lowest BCUT2D eigenvalue weighted by Gasteiger charge is -2.27. The third-order valence-electron chi connectivity index (χ3n) is 7.89. The van der Waals surface area contributed by atoms with Crippen LogP contribution < -0.4 is 21.3 Å². The Bertz CT molecular complexity index is 1440. The fourth-order valence-electron chi connectivity index (χ4n) is 5.28. The Morgan fingerprint density at radius 3 is 1.16 bits per heavy atom. The smallest absolute Gasteiger partial charge is 0.251 e. The number of hydrogen-bond donors (Lipinski definition) is 4. The van der Waals surface area contributed by atoms with Crippen LogP contribution in [0, 0.1) is 11.8 Å². The minimum absolute atomic E-state index is 0.0775. The number of anilines is 2. The summed E-state index contributed by atoms with van der Waals surface area (Å²) in [4.78, 5) is 50.7. The molecule has 0 heterocycles. The van der Waals surface area contributed by atoms with Crippen molar-refractivity contribution in [3.63, 3.8) is 0 Å². The van der Waals surface area contributed by atoms with E-state index in [-0.39, 0.29) is 35.5 Å². The minimum atomic E-state index is -0.179. The Kier molecular flexibility index (Phi) is 10.2. The van der Waals surface area contributed by atoms with Crippen LogP contribution >= 0.6 is 0 Å². The van der Waals surface area contributed by atoms with Gasteiger partial charge in [-0.15, -0.1) is 0 Å². The average Bonchev–Trinajstić information content (AvgIpc) is 3.07. The first-order valence-corrected chi connectivity index (χ1v) is 14.9. The molecule has 0 spiro atoms. The molecule has 0 aliphatic heterocycles. The fourth-order valence-corrected chi connectivity index (χ4v) is 5.28. The van der Waals surface area contributed by atoms with Crippen LogP contribution in [0.5, 0.6) is 0 Å². The van der Waals surface area contributed by atoms with Crippen LogP contribution in [-0.2, 0) is 22.7 Å². The zero-order chi connectivity index (χ0) is 30.7. The molecule has 1 aliphatic rings. The highest BCUT2D eigenvalue weighted by molar-refractivity contribution is 5.97. The van der Waals surface area contributed by atoms with Crippen molar-refractivity contribution in [3.8, 4) is 0 Å². The molecule has 44 heavy (non-hydrogen) atoms. The number of nitrogens with one attached hydrogen (secondary N) is 4. The Labute approximate surface area is 257 Å². The molecule has 224 valence electrons. The predicted molar refractivity (Wildman–Crippen MR) is 171 cm³/mol. The highest BCUT2D eigenvalue weighted by Gasteiger charge is 2.30. The van der Waals surface area contributed by atoms with Crippen LogP contribution in [0.4, 0.5) is 11.4 Å². The second kappa shape index (κ2) is 14.8. The molecule has 8 heteroatoms. The van der Waals surface area contributed by atoms with Crippen molar-refractivity contribution in [2.45, 2.75) is 38.8 Å². The van der Waals surface area contributed by atoms with E-state index in [0.29, 0.717) is 61.3 Å². The number of hydrogen-bond acceptors (Lipinski definition) is 4. The molecule has 8 nitrogen and oxygen atoms in total. The summed E-state index contributed by atoms with van der Waals surface area (Å²) in [5.74, 6) is -0.868. The Balaban J connectivity index is 1.03. The van der Waals surface area contributed by atoms with Gasteiger partial charge in [-0.25, -0.2) is 0 Å². The molecule has 0 atom stereocenters. The molecule has 4 aromatic rings. The molecule has 5 rings (SSSR count). The van der Waals surface area contributed by atoms with Gasteiger partial charge in [-0.05, 0) is 85.3 Å². The number of amides is 4. The average molecular weight is 589 g/mol. The summed E-state index contributed by atoms with van der Waals surface area (Å²) >= 11 is 0. The first-order valence-electron chi connectivity index (χ1n) is 14.9. The number of benzene rings is 4. The number of carbonyl (C=O) groups is 4. The van der Waals surface area contributed by atoms with Crippen LogP contribution in [0.15, 0.2) is 109 Å². The molecular weight excluding hydrogens is 552 g/mol. The van der Waals surface area contributed by atoms with Crippen LogP contribution in [0.25, 0.3) is 0 Å². The molecule has 4 amide bonds. The summed E-state index contributed by atoms with van der Waals surface area (Å²) < 4.78 is 0. The maximum Gasteiger partial charge on any atom is 0.251 e. The maximum atomic E-state index is 12.9. The Morgan fingerprint density at radius 1 is 0.477 bits per heavy atom. The normalized spacial score (nSPS) is 15.9. The Morgan fingerprint density at radius 2 is 0.818 bits per heavy atom. The van der Waals surface area contributed by atoms with Crippen molar-refractivity contribution in [3.05, 3.63) is 131 Å². The largest absolute Gasteiger partial charge is 0.348 e. The second-order valence-electron chi connectivity index (χ2n) is 11.0. The molecule has 1 aliphatic carbocycles. The van der Waals surface area contributed by atoms with Gasteiger partial charge in [-0.2, -0.15) is 0 Å². The van der Waals surface area contributed by atoms with Gasteiger partial charge < -0.3 is 21.3 Å². The standard InChI is InChI=1S/C36H36N4O4/c41-33(37-23-25-7-3-1-4-8-25)27-15-19-31(20-16-27)39-35(43)29-11-13-30(14-12-29)36(44)40-32-21-17-28(18-22-32)34(42)38-24-26-9-5-2-6-10-26/h1-10,15-22,29-30H,11-14,23-24H2,(H,37,41)(H,38,42)(H,39,43)(H,40,44). The van der Waals surface area contributed by atoms with Gasteiger partial charge in [0.1, 0.15) is 0 Å². The van der Waals surface area contributed by atoms with Gasteiger partial charge in [0.2, 0.25) is 11.8 Å². The van der Waals surface area contributed by atoms with Gasteiger partial charge in [-0.3, -0.25) is 19.2 Å². The predicted octanol–water partition coefficient (Wildman–Crippen LogP) is 5.93. The van der Waals surface area contributed by atoms with Gasteiger partial charge in [0.15, 0.2) is 0 Å². The molecule has 1 fully saturated rings. The molecule has 0 bridgehead atoms. The van der Waals surface area contributed by atoms with E-state index < -0.39 is 0 Å². The molecule has 4 N–H and O–H groups in total. The molecular formula is C36H36N4O4. The lowest BCUT2D eigenvalue weighted by molar-refractivity contribution is -0.125. The van der Waals surface area contributed by atoms with Crippen molar-refractivity contribution in [2.75, 3.05) is 10.6 Å². The van der Waals surface area contributed by atoms with Gasteiger partial charge in [-0.1, -0.05) is 60.7 Å².